The molecule has 0 aromatic carbocycles. The molecule has 3 heterocycles. The molecule has 16 heavy (non-hydrogen) atoms. The van der Waals surface area contributed by atoms with E-state index in [9.17, 15) is 0 Å². The molecule has 4 nitrogen and oxygen atoms in total. The first-order valence-corrected chi connectivity index (χ1v) is 5.34. The van der Waals surface area contributed by atoms with Crippen molar-refractivity contribution >= 4 is 29.4 Å². The van der Waals surface area contributed by atoms with E-state index in [1.54, 1.807) is 0 Å². The highest BCUT2D eigenvalue weighted by Gasteiger charge is 2.19. The summed E-state index contributed by atoms with van der Waals surface area (Å²) in [6.07, 6.45) is 4.42. The van der Waals surface area contributed by atoms with Crippen LogP contribution in [0.1, 0.15) is 12.8 Å². The van der Waals surface area contributed by atoms with Gasteiger partial charge in [-0.1, -0.05) is 6.07 Å². The Morgan fingerprint density at radius 3 is 2.62 bits per heavy atom. The van der Waals surface area contributed by atoms with Crippen molar-refractivity contribution in [2.75, 3.05) is 23.7 Å². The minimum absolute atomic E-state index is 0. The minimum Gasteiger partial charge on any atom is -0.394 e. The maximum Gasteiger partial charge on any atom is 0.174 e. The highest BCUT2D eigenvalue weighted by Crippen LogP contribution is 2.28. The third-order valence-electron chi connectivity index (χ3n) is 2.96. The van der Waals surface area contributed by atoms with Gasteiger partial charge in [-0.3, -0.25) is 0 Å². The molecular formula is C11H15ClN4. The Hall–Kier alpha value is -1.42. The Balaban J connectivity index is 0.000000963. The van der Waals surface area contributed by atoms with Crippen molar-refractivity contribution in [3.63, 3.8) is 0 Å². The lowest BCUT2D eigenvalue weighted by Crippen LogP contribution is -2.19. The van der Waals surface area contributed by atoms with Gasteiger partial charge < -0.3 is 10.6 Å². The third-order valence-corrected chi connectivity index (χ3v) is 2.96. The second-order valence-corrected chi connectivity index (χ2v) is 3.96. The zero-order valence-electron chi connectivity index (χ0n) is 8.97. The van der Waals surface area contributed by atoms with Crippen LogP contribution in [-0.2, 0) is 0 Å². The largest absolute Gasteiger partial charge is 0.394 e. The second-order valence-electron chi connectivity index (χ2n) is 3.96. The van der Waals surface area contributed by atoms with Crippen LogP contribution in [0, 0.1) is 0 Å². The monoisotopic (exact) mass is 238 g/mol. The molecule has 86 valence electrons. The molecule has 0 saturated carbocycles. The molecule has 0 aliphatic carbocycles. The summed E-state index contributed by atoms with van der Waals surface area (Å²) in [6.45, 7) is 2.15. The highest BCUT2D eigenvalue weighted by atomic mass is 35.5. The fraction of sp³-hybridized carbons (Fsp3) is 0.364. The van der Waals surface area contributed by atoms with Crippen LogP contribution in [0.3, 0.4) is 0 Å². The van der Waals surface area contributed by atoms with Gasteiger partial charge in [-0.15, -0.1) is 17.5 Å². The number of fused-ring (bicyclic) bond motifs is 1. The lowest BCUT2D eigenvalue weighted by atomic mass is 10.3. The lowest BCUT2D eigenvalue weighted by Gasteiger charge is -2.13. The predicted molar refractivity (Wildman–Crippen MR) is 68.3 cm³/mol. The van der Waals surface area contributed by atoms with Gasteiger partial charge in [0, 0.05) is 19.3 Å². The van der Waals surface area contributed by atoms with Crippen molar-refractivity contribution in [1.82, 2.24) is 9.61 Å². The molecule has 0 radical (unpaired) electrons. The van der Waals surface area contributed by atoms with Gasteiger partial charge >= 0.3 is 0 Å². The van der Waals surface area contributed by atoms with Crippen molar-refractivity contribution in [2.24, 2.45) is 0 Å². The maximum atomic E-state index is 6.09. The Bertz CT molecular complexity index is 488. The number of rotatable bonds is 1. The fourth-order valence-corrected chi connectivity index (χ4v) is 2.17. The second kappa shape index (κ2) is 4.22. The molecule has 2 N–H and O–H groups in total. The summed E-state index contributed by atoms with van der Waals surface area (Å²) in [6, 6.07) is 5.95. The number of halogens is 1. The summed E-state index contributed by atoms with van der Waals surface area (Å²) in [7, 11) is 0. The van der Waals surface area contributed by atoms with Gasteiger partial charge in [-0.25, -0.2) is 4.52 Å². The first kappa shape index (κ1) is 11.1. The van der Waals surface area contributed by atoms with Gasteiger partial charge in [0.2, 0.25) is 0 Å². The number of hydrogen-bond acceptors (Lipinski definition) is 3. The number of nitrogen functional groups attached to an aromatic ring is 1. The summed E-state index contributed by atoms with van der Waals surface area (Å²) in [4.78, 5) is 2.27. The van der Waals surface area contributed by atoms with E-state index in [-0.39, 0.29) is 12.4 Å². The summed E-state index contributed by atoms with van der Waals surface area (Å²) >= 11 is 0. The van der Waals surface area contributed by atoms with Crippen LogP contribution in [0.25, 0.3) is 5.52 Å². The molecule has 1 fully saturated rings. The van der Waals surface area contributed by atoms with Crippen LogP contribution in [0.4, 0.5) is 11.5 Å². The van der Waals surface area contributed by atoms with Gasteiger partial charge in [0.1, 0.15) is 5.69 Å². The van der Waals surface area contributed by atoms with E-state index in [2.05, 4.69) is 10.00 Å². The number of hydrogen-bond donors (Lipinski definition) is 1. The number of nitrogens with two attached hydrogens (primary N) is 1. The first-order valence-electron chi connectivity index (χ1n) is 5.34. The molecule has 0 bridgehead atoms. The molecule has 0 atom stereocenters. The fourth-order valence-electron chi connectivity index (χ4n) is 2.17. The van der Waals surface area contributed by atoms with Gasteiger partial charge in [0.05, 0.1) is 5.52 Å². The van der Waals surface area contributed by atoms with Gasteiger partial charge in [-0.2, -0.15) is 0 Å². The molecule has 2 aromatic heterocycles. The first-order chi connectivity index (χ1) is 7.36. The Morgan fingerprint density at radius 2 is 1.94 bits per heavy atom. The molecule has 2 aromatic rings. The van der Waals surface area contributed by atoms with Gasteiger partial charge in [0.15, 0.2) is 5.82 Å². The average Bonchev–Trinajstić information content (AvgIpc) is 2.87. The van der Waals surface area contributed by atoms with Gasteiger partial charge in [-0.05, 0) is 25.0 Å². The molecule has 3 rings (SSSR count). The molecule has 0 unspecified atom stereocenters. The van der Waals surface area contributed by atoms with E-state index in [4.69, 9.17) is 5.73 Å². The smallest absolute Gasteiger partial charge is 0.174 e. The summed E-state index contributed by atoms with van der Waals surface area (Å²) < 4.78 is 1.85. The van der Waals surface area contributed by atoms with Crippen molar-refractivity contribution in [1.29, 1.82) is 0 Å². The molecule has 1 saturated heterocycles. The van der Waals surface area contributed by atoms with Crippen molar-refractivity contribution in [3.8, 4) is 0 Å². The number of pyridine rings is 1. The number of aromatic nitrogens is 2. The normalized spacial score (nSPS) is 15.4. The molecule has 0 amide bonds. The Kier molecular flexibility index (Phi) is 2.92. The molecular weight excluding hydrogens is 224 g/mol. The van der Waals surface area contributed by atoms with Crippen molar-refractivity contribution < 1.29 is 0 Å². The quantitative estimate of drug-likeness (QED) is 0.826. The molecule has 1 aliphatic heterocycles. The molecule has 1 aliphatic rings. The van der Waals surface area contributed by atoms with E-state index in [1.807, 2.05) is 28.9 Å². The Morgan fingerprint density at radius 1 is 1.19 bits per heavy atom. The zero-order chi connectivity index (χ0) is 10.3. The summed E-state index contributed by atoms with van der Waals surface area (Å²) in [5, 5.41) is 4.51. The third kappa shape index (κ3) is 1.59. The number of anilines is 2. The van der Waals surface area contributed by atoms with Crippen molar-refractivity contribution in [2.45, 2.75) is 12.8 Å². The number of nitrogens with zero attached hydrogens (tertiary/aromatic N) is 3. The van der Waals surface area contributed by atoms with Crippen LogP contribution >= 0.6 is 12.4 Å². The van der Waals surface area contributed by atoms with Crippen LogP contribution in [0.15, 0.2) is 24.4 Å². The SMILES string of the molecule is Cl.Nc1c(N2CCCC2)nn2ccccc12. The average molecular weight is 239 g/mol. The highest BCUT2D eigenvalue weighted by molar-refractivity contribution is 5.85. The van der Waals surface area contributed by atoms with E-state index < -0.39 is 0 Å². The summed E-state index contributed by atoms with van der Waals surface area (Å²) in [5.74, 6) is 0.943. The van der Waals surface area contributed by atoms with E-state index in [0.717, 1.165) is 30.1 Å². The minimum atomic E-state index is 0. The summed E-state index contributed by atoms with van der Waals surface area (Å²) in [5.41, 5.74) is 7.90. The standard InChI is InChI=1S/C11H14N4.ClH/c12-10-9-5-1-2-8-15(9)13-11(10)14-6-3-4-7-14;/h1-2,5,8H,3-4,6-7,12H2;1H. The topological polar surface area (TPSA) is 46.6 Å². The van der Waals surface area contributed by atoms with Crippen LogP contribution in [-0.4, -0.2) is 22.7 Å². The van der Waals surface area contributed by atoms with Crippen LogP contribution < -0.4 is 10.6 Å². The van der Waals surface area contributed by atoms with E-state index in [0.29, 0.717) is 0 Å². The van der Waals surface area contributed by atoms with Crippen LogP contribution in [0.5, 0.6) is 0 Å². The lowest BCUT2D eigenvalue weighted by molar-refractivity contribution is 0.885. The maximum absolute atomic E-state index is 6.09. The zero-order valence-corrected chi connectivity index (χ0v) is 9.78. The van der Waals surface area contributed by atoms with Crippen molar-refractivity contribution in [3.05, 3.63) is 24.4 Å². The molecule has 0 spiro atoms. The van der Waals surface area contributed by atoms with Gasteiger partial charge in [0.25, 0.3) is 0 Å². The van der Waals surface area contributed by atoms with Crippen LogP contribution in [0.2, 0.25) is 0 Å². The van der Waals surface area contributed by atoms with E-state index in [1.165, 1.54) is 12.8 Å². The molecule has 5 heteroatoms. The predicted octanol–water partition coefficient (Wildman–Crippen LogP) is 1.94. The van der Waals surface area contributed by atoms with E-state index >= 15 is 0 Å². The Labute approximate surface area is 100 Å².